The van der Waals surface area contributed by atoms with Crippen molar-refractivity contribution >= 4 is 27.7 Å². The standard InChI is InChI=1S/C17H18N3O3S/c1-10-8-18-15(11(2)16(10)23-4)9-24(21)17-19-13-6-5-12(22-3)7-14(13)20-17/h5-8H,9H2,1-4H3. The van der Waals surface area contributed by atoms with Crippen LogP contribution in [0.4, 0.5) is 11.4 Å². The van der Waals surface area contributed by atoms with Crippen molar-refractivity contribution in [3.63, 3.8) is 0 Å². The molecular formula is C17H18N3O3S. The van der Waals surface area contributed by atoms with E-state index in [-0.39, 0.29) is 5.75 Å². The second-order valence-corrected chi connectivity index (χ2v) is 6.74. The average molecular weight is 344 g/mol. The SMILES string of the molecule is COc1ccc2c(c1)N=C([S+]([O-])Cc1ncc(C)c(OC)c1C)[N]2. The molecule has 1 aliphatic heterocycles. The molecule has 7 heteroatoms. The predicted molar refractivity (Wildman–Crippen MR) is 94.0 cm³/mol. The topological polar surface area (TPSA) is 80.9 Å². The lowest BCUT2D eigenvalue weighted by Gasteiger charge is -2.13. The Labute approximate surface area is 144 Å². The maximum Gasteiger partial charge on any atom is 0.344 e. The number of fused-ring (bicyclic) bond motifs is 1. The Hall–Kier alpha value is -2.25. The van der Waals surface area contributed by atoms with E-state index in [0.717, 1.165) is 22.6 Å². The van der Waals surface area contributed by atoms with Crippen LogP contribution in [0.3, 0.4) is 0 Å². The Morgan fingerprint density at radius 3 is 2.62 bits per heavy atom. The van der Waals surface area contributed by atoms with Gasteiger partial charge in [-0.3, -0.25) is 4.98 Å². The van der Waals surface area contributed by atoms with E-state index in [1.165, 1.54) is 0 Å². The Kier molecular flexibility index (Phi) is 4.64. The van der Waals surface area contributed by atoms with E-state index in [0.29, 0.717) is 22.3 Å². The van der Waals surface area contributed by atoms with Gasteiger partial charge in [0.1, 0.15) is 11.5 Å². The first-order valence-corrected chi connectivity index (χ1v) is 8.71. The Morgan fingerprint density at radius 2 is 1.92 bits per heavy atom. The Morgan fingerprint density at radius 1 is 1.12 bits per heavy atom. The number of methoxy groups -OCH3 is 2. The zero-order valence-electron chi connectivity index (χ0n) is 14.0. The van der Waals surface area contributed by atoms with Gasteiger partial charge in [0.2, 0.25) is 0 Å². The van der Waals surface area contributed by atoms with Crippen LogP contribution in [0, 0.1) is 13.8 Å². The number of hydrogen-bond acceptors (Lipinski definition) is 5. The number of aromatic nitrogens is 1. The van der Waals surface area contributed by atoms with Crippen LogP contribution in [0.15, 0.2) is 29.4 Å². The molecule has 1 aliphatic rings. The molecule has 0 N–H and O–H groups in total. The first-order valence-electron chi connectivity index (χ1n) is 7.39. The van der Waals surface area contributed by atoms with Crippen LogP contribution in [0.1, 0.15) is 16.8 Å². The van der Waals surface area contributed by atoms with Crippen molar-refractivity contribution < 1.29 is 14.0 Å². The van der Waals surface area contributed by atoms with Gasteiger partial charge in [-0.1, -0.05) is 0 Å². The molecule has 0 amide bonds. The molecular weight excluding hydrogens is 326 g/mol. The minimum atomic E-state index is -1.38. The lowest BCUT2D eigenvalue weighted by Crippen LogP contribution is -2.22. The molecule has 24 heavy (non-hydrogen) atoms. The molecule has 1 radical (unpaired) electrons. The van der Waals surface area contributed by atoms with Gasteiger partial charge in [0.25, 0.3) is 0 Å². The number of aryl methyl sites for hydroxylation is 1. The van der Waals surface area contributed by atoms with Gasteiger partial charge >= 0.3 is 5.17 Å². The third-order valence-corrected chi connectivity index (χ3v) is 4.96. The molecule has 1 unspecified atom stereocenters. The van der Waals surface area contributed by atoms with Gasteiger partial charge in [-0.05, 0) is 26.0 Å². The lowest BCUT2D eigenvalue weighted by molar-refractivity contribution is 0.407. The van der Waals surface area contributed by atoms with Gasteiger partial charge in [-0.25, -0.2) is 0 Å². The molecule has 2 aromatic rings. The van der Waals surface area contributed by atoms with Gasteiger partial charge in [0.15, 0.2) is 5.75 Å². The van der Waals surface area contributed by atoms with E-state index < -0.39 is 11.2 Å². The minimum Gasteiger partial charge on any atom is -0.609 e. The first kappa shape index (κ1) is 16.6. The van der Waals surface area contributed by atoms with Gasteiger partial charge in [0.05, 0.1) is 31.3 Å². The van der Waals surface area contributed by atoms with Gasteiger partial charge < -0.3 is 14.0 Å². The molecule has 125 valence electrons. The molecule has 2 heterocycles. The van der Waals surface area contributed by atoms with E-state index in [2.05, 4.69) is 15.3 Å². The molecule has 0 spiro atoms. The van der Waals surface area contributed by atoms with Crippen molar-refractivity contribution in [3.8, 4) is 11.5 Å². The van der Waals surface area contributed by atoms with Crippen LogP contribution in [-0.2, 0) is 16.9 Å². The number of hydrogen-bond donors (Lipinski definition) is 0. The molecule has 6 nitrogen and oxygen atoms in total. The monoisotopic (exact) mass is 344 g/mol. The average Bonchev–Trinajstić information content (AvgIpc) is 3.01. The lowest BCUT2D eigenvalue weighted by atomic mass is 10.1. The van der Waals surface area contributed by atoms with Crippen molar-refractivity contribution in [2.24, 2.45) is 4.99 Å². The maximum atomic E-state index is 12.6. The van der Waals surface area contributed by atoms with Gasteiger partial charge in [0, 0.05) is 34.6 Å². The molecule has 1 aromatic carbocycles. The summed E-state index contributed by atoms with van der Waals surface area (Å²) in [5, 5.41) is 4.65. The molecule has 0 saturated carbocycles. The highest BCUT2D eigenvalue weighted by atomic mass is 32.2. The third kappa shape index (κ3) is 3.05. The number of rotatable bonds is 4. The maximum absolute atomic E-state index is 12.6. The number of amidine groups is 1. The minimum absolute atomic E-state index is 0.246. The zero-order chi connectivity index (χ0) is 17.3. The van der Waals surface area contributed by atoms with E-state index in [1.807, 2.05) is 13.8 Å². The highest BCUT2D eigenvalue weighted by molar-refractivity contribution is 8.05. The number of aliphatic imine (C=N–C) groups is 1. The van der Waals surface area contributed by atoms with Crippen molar-refractivity contribution in [2.75, 3.05) is 14.2 Å². The van der Waals surface area contributed by atoms with Crippen LogP contribution in [-0.4, -0.2) is 28.9 Å². The van der Waals surface area contributed by atoms with Gasteiger partial charge in [-0.2, -0.15) is 10.3 Å². The summed E-state index contributed by atoms with van der Waals surface area (Å²) < 4.78 is 23.2. The number of pyridine rings is 1. The summed E-state index contributed by atoms with van der Waals surface area (Å²) in [6.07, 6.45) is 1.73. The van der Waals surface area contributed by atoms with E-state index in [4.69, 9.17) is 9.47 Å². The quantitative estimate of drug-likeness (QED) is 0.799. The van der Waals surface area contributed by atoms with Crippen molar-refractivity contribution in [1.82, 2.24) is 10.3 Å². The van der Waals surface area contributed by atoms with Crippen molar-refractivity contribution in [1.29, 1.82) is 0 Å². The largest absolute Gasteiger partial charge is 0.609 e. The summed E-state index contributed by atoms with van der Waals surface area (Å²) in [7, 11) is 3.21. The molecule has 0 bridgehead atoms. The van der Waals surface area contributed by atoms with Crippen LogP contribution < -0.4 is 14.8 Å². The fraction of sp³-hybridized carbons (Fsp3) is 0.294. The molecule has 1 aromatic heterocycles. The number of ether oxygens (including phenoxy) is 2. The second kappa shape index (κ2) is 6.70. The van der Waals surface area contributed by atoms with Crippen molar-refractivity contribution in [3.05, 3.63) is 41.2 Å². The van der Waals surface area contributed by atoms with Crippen LogP contribution in [0.5, 0.6) is 11.5 Å². The first-order chi connectivity index (χ1) is 11.5. The number of benzene rings is 1. The molecule has 0 saturated heterocycles. The summed E-state index contributed by atoms with van der Waals surface area (Å²) in [6, 6.07) is 5.39. The third-order valence-electron chi connectivity index (χ3n) is 3.84. The molecule has 3 rings (SSSR count). The highest BCUT2D eigenvalue weighted by Crippen LogP contribution is 2.35. The van der Waals surface area contributed by atoms with E-state index in [1.54, 1.807) is 38.6 Å². The Balaban J connectivity index is 1.80. The van der Waals surface area contributed by atoms with E-state index in [9.17, 15) is 4.55 Å². The molecule has 1 atom stereocenters. The summed E-state index contributed by atoms with van der Waals surface area (Å²) >= 11 is -1.38. The summed E-state index contributed by atoms with van der Waals surface area (Å²) in [6.45, 7) is 3.85. The van der Waals surface area contributed by atoms with Crippen LogP contribution in [0.2, 0.25) is 0 Å². The van der Waals surface area contributed by atoms with Crippen molar-refractivity contribution in [2.45, 2.75) is 19.6 Å². The van der Waals surface area contributed by atoms with Crippen LogP contribution in [0.25, 0.3) is 0 Å². The Bertz CT molecular complexity index is 808. The summed E-state index contributed by atoms with van der Waals surface area (Å²) in [5.41, 5.74) is 3.94. The zero-order valence-corrected chi connectivity index (χ0v) is 14.8. The second-order valence-electron chi connectivity index (χ2n) is 5.40. The number of nitrogens with zero attached hydrogens (tertiary/aromatic N) is 3. The van der Waals surface area contributed by atoms with Gasteiger partial charge in [-0.15, -0.1) is 0 Å². The smallest absolute Gasteiger partial charge is 0.344 e. The highest BCUT2D eigenvalue weighted by Gasteiger charge is 2.28. The van der Waals surface area contributed by atoms with Crippen LogP contribution >= 0.6 is 0 Å². The fourth-order valence-corrected chi connectivity index (χ4v) is 3.62. The normalized spacial score (nSPS) is 13.8. The predicted octanol–water partition coefficient (Wildman–Crippen LogP) is 2.90. The molecule has 0 fully saturated rings. The summed E-state index contributed by atoms with van der Waals surface area (Å²) in [5.74, 6) is 1.71. The molecule has 0 aliphatic carbocycles. The fourth-order valence-electron chi connectivity index (χ4n) is 2.55. The summed E-state index contributed by atoms with van der Waals surface area (Å²) in [4.78, 5) is 8.74. The van der Waals surface area contributed by atoms with E-state index >= 15 is 0 Å².